The van der Waals surface area contributed by atoms with Crippen LogP contribution in [-0.2, 0) is 23.7 Å². The van der Waals surface area contributed by atoms with Crippen LogP contribution in [0, 0.1) is 11.8 Å². The number of aliphatic hydroxyl groups is 2. The molecule has 0 radical (unpaired) electrons. The summed E-state index contributed by atoms with van der Waals surface area (Å²) in [7, 11) is 0. The lowest BCUT2D eigenvalue weighted by atomic mass is 9.66. The van der Waals surface area contributed by atoms with E-state index in [4.69, 9.17) is 18.9 Å². The molecule has 3 aliphatic heterocycles. The Morgan fingerprint density at radius 2 is 1.90 bits per heavy atom. The molecule has 3 aliphatic rings. The first kappa shape index (κ1) is 24.6. The molecule has 0 amide bonds. The molecule has 7 nitrogen and oxygen atoms in total. The van der Waals surface area contributed by atoms with E-state index in [0.717, 1.165) is 19.3 Å². The van der Waals surface area contributed by atoms with E-state index >= 15 is 0 Å². The third kappa shape index (κ3) is 4.20. The molecule has 9 atom stereocenters. The summed E-state index contributed by atoms with van der Waals surface area (Å²) in [5, 5.41) is 21.3. The van der Waals surface area contributed by atoms with Gasteiger partial charge in [0.05, 0.1) is 30.8 Å². The van der Waals surface area contributed by atoms with E-state index in [1.807, 2.05) is 13.8 Å². The maximum Gasteiger partial charge on any atom is 0.314 e. The van der Waals surface area contributed by atoms with Gasteiger partial charge in [-0.2, -0.15) is 0 Å². The lowest BCUT2D eigenvalue weighted by Gasteiger charge is -2.67. The van der Waals surface area contributed by atoms with Crippen molar-refractivity contribution >= 4 is 5.97 Å². The second-order valence-corrected chi connectivity index (χ2v) is 9.99. The topological polar surface area (TPSA) is 94.5 Å². The molecule has 0 saturated carbocycles. The molecule has 178 valence electrons. The molecular weight excluding hydrogens is 400 g/mol. The molecule has 0 spiro atoms. The van der Waals surface area contributed by atoms with Crippen LogP contribution in [0.25, 0.3) is 0 Å². The van der Waals surface area contributed by atoms with E-state index in [9.17, 15) is 15.0 Å². The quantitative estimate of drug-likeness (QED) is 0.323. The number of esters is 1. The van der Waals surface area contributed by atoms with Gasteiger partial charge in [0.15, 0.2) is 5.60 Å². The monoisotopic (exact) mass is 440 g/mol. The van der Waals surface area contributed by atoms with Gasteiger partial charge in [0, 0.05) is 12.8 Å². The molecule has 3 fully saturated rings. The highest BCUT2D eigenvalue weighted by Crippen LogP contribution is 2.57. The van der Waals surface area contributed by atoms with Crippen LogP contribution in [0.1, 0.15) is 73.6 Å². The maximum absolute atomic E-state index is 12.6. The zero-order valence-electron chi connectivity index (χ0n) is 19.8. The lowest BCUT2D eigenvalue weighted by Crippen LogP contribution is -2.83. The molecule has 7 heteroatoms. The van der Waals surface area contributed by atoms with Crippen molar-refractivity contribution in [1.82, 2.24) is 0 Å². The number of carbonyl (C=O) groups excluding carboxylic acids is 1. The highest BCUT2D eigenvalue weighted by Gasteiger charge is 2.74. The maximum atomic E-state index is 12.6. The van der Waals surface area contributed by atoms with E-state index in [1.165, 1.54) is 12.8 Å². The number of carbonyl (C=O) groups is 1. The average Bonchev–Trinajstić information content (AvgIpc) is 2.71. The molecule has 4 bridgehead atoms. The van der Waals surface area contributed by atoms with Gasteiger partial charge in [0.25, 0.3) is 0 Å². The highest BCUT2D eigenvalue weighted by atomic mass is 16.8. The minimum absolute atomic E-state index is 0.243. The zero-order chi connectivity index (χ0) is 23.0. The standard InChI is InChI=1S/C24H40O7/c1-7-8-9-10-12-17(25)13-11-14-28-20-15(2)18(26)22(4)19-16(3)21(27)30-24(6,29-19)23(20,5)31-22/h11,13,15-20,25-26H,7-10,12,14H2,1-6H3/b13-11-/t15-,16+,17+,18-,19-,20+,22-,23+,24+/m0/s1. The Labute approximate surface area is 186 Å². The van der Waals surface area contributed by atoms with Crippen molar-refractivity contribution in [2.24, 2.45) is 11.8 Å². The number of hydrogen-bond acceptors (Lipinski definition) is 7. The van der Waals surface area contributed by atoms with Crippen LogP contribution in [0.5, 0.6) is 0 Å². The van der Waals surface area contributed by atoms with Gasteiger partial charge in [-0.05, 0) is 27.2 Å². The van der Waals surface area contributed by atoms with E-state index in [0.29, 0.717) is 0 Å². The smallest absolute Gasteiger partial charge is 0.314 e. The largest absolute Gasteiger partial charge is 0.430 e. The number of ether oxygens (including phenoxy) is 4. The van der Waals surface area contributed by atoms with Gasteiger partial charge in [0.2, 0.25) is 5.79 Å². The molecule has 0 aromatic carbocycles. The highest BCUT2D eigenvalue weighted by molar-refractivity contribution is 5.74. The van der Waals surface area contributed by atoms with Gasteiger partial charge in [-0.15, -0.1) is 0 Å². The van der Waals surface area contributed by atoms with Crippen molar-refractivity contribution in [3.05, 3.63) is 12.2 Å². The minimum Gasteiger partial charge on any atom is -0.430 e. The van der Waals surface area contributed by atoms with Crippen molar-refractivity contribution in [2.45, 2.75) is 115 Å². The molecular formula is C24H40O7. The molecule has 3 heterocycles. The molecule has 0 aliphatic carbocycles. The van der Waals surface area contributed by atoms with Crippen LogP contribution in [0.3, 0.4) is 0 Å². The first-order valence-electron chi connectivity index (χ1n) is 11.8. The van der Waals surface area contributed by atoms with Gasteiger partial charge in [-0.1, -0.05) is 51.7 Å². The van der Waals surface area contributed by atoms with Crippen molar-refractivity contribution in [2.75, 3.05) is 6.61 Å². The predicted molar refractivity (Wildman–Crippen MR) is 115 cm³/mol. The summed E-state index contributed by atoms with van der Waals surface area (Å²) in [6, 6.07) is 0. The first-order chi connectivity index (χ1) is 14.5. The van der Waals surface area contributed by atoms with Gasteiger partial charge < -0.3 is 29.2 Å². The Bertz CT molecular complexity index is 681. The first-order valence-corrected chi connectivity index (χ1v) is 11.8. The van der Waals surface area contributed by atoms with Crippen molar-refractivity contribution < 1.29 is 34.0 Å². The number of fused-ring (bicyclic) bond motifs is 6. The van der Waals surface area contributed by atoms with Gasteiger partial charge in [-0.25, -0.2) is 0 Å². The molecule has 31 heavy (non-hydrogen) atoms. The van der Waals surface area contributed by atoms with Crippen LogP contribution in [0.15, 0.2) is 12.2 Å². The normalized spacial score (nSPS) is 45.5. The van der Waals surface area contributed by atoms with Gasteiger partial charge in [-0.3, -0.25) is 4.79 Å². The summed E-state index contributed by atoms with van der Waals surface area (Å²) < 4.78 is 24.6. The second kappa shape index (κ2) is 9.10. The summed E-state index contributed by atoms with van der Waals surface area (Å²) >= 11 is 0. The van der Waals surface area contributed by atoms with Crippen LogP contribution in [0.4, 0.5) is 0 Å². The summed E-state index contributed by atoms with van der Waals surface area (Å²) in [4.78, 5) is 12.6. The fourth-order valence-corrected chi connectivity index (χ4v) is 5.51. The predicted octanol–water partition coefficient (Wildman–Crippen LogP) is 3.11. The van der Waals surface area contributed by atoms with Crippen molar-refractivity contribution in [3.63, 3.8) is 0 Å². The third-order valence-corrected chi connectivity index (χ3v) is 7.56. The molecule has 0 unspecified atom stereocenters. The molecule has 0 aromatic heterocycles. The van der Waals surface area contributed by atoms with E-state index < -0.39 is 47.3 Å². The Morgan fingerprint density at radius 3 is 2.58 bits per heavy atom. The van der Waals surface area contributed by atoms with Crippen LogP contribution >= 0.6 is 0 Å². The summed E-state index contributed by atoms with van der Waals surface area (Å²) in [5.74, 6) is -2.48. The van der Waals surface area contributed by atoms with E-state index in [1.54, 1.807) is 32.9 Å². The number of rotatable bonds is 9. The Morgan fingerprint density at radius 1 is 1.19 bits per heavy atom. The Balaban J connectivity index is 1.71. The van der Waals surface area contributed by atoms with Crippen LogP contribution in [0.2, 0.25) is 0 Å². The Hall–Kier alpha value is -0.990. The summed E-state index contributed by atoms with van der Waals surface area (Å²) in [6.45, 7) is 11.4. The van der Waals surface area contributed by atoms with Gasteiger partial charge >= 0.3 is 5.97 Å². The van der Waals surface area contributed by atoms with Crippen LogP contribution < -0.4 is 0 Å². The molecule has 3 rings (SSSR count). The van der Waals surface area contributed by atoms with Crippen molar-refractivity contribution in [1.29, 1.82) is 0 Å². The fourth-order valence-electron chi connectivity index (χ4n) is 5.51. The number of unbranched alkanes of at least 4 members (excludes halogenated alkanes) is 3. The number of aliphatic hydroxyl groups excluding tert-OH is 2. The van der Waals surface area contributed by atoms with E-state index in [2.05, 4.69) is 6.92 Å². The summed E-state index contributed by atoms with van der Waals surface area (Å²) in [6.07, 6.45) is 6.21. The molecule has 2 N–H and O–H groups in total. The SMILES string of the molecule is CCCCCC[C@@H](O)/C=C\CO[C@@H]1[C@@H](C)[C@H](O)[C@]2(C)O[C@@]1(C)[C@@]1(C)OC(=O)[C@H](C)[C@@H]2O1. The Kier molecular flexibility index (Phi) is 7.24. The van der Waals surface area contributed by atoms with Gasteiger partial charge in [0.1, 0.15) is 11.7 Å². The van der Waals surface area contributed by atoms with Crippen molar-refractivity contribution in [3.8, 4) is 0 Å². The number of hydrogen-bond donors (Lipinski definition) is 2. The minimum atomic E-state index is -1.32. The van der Waals surface area contributed by atoms with Crippen LogP contribution in [-0.4, -0.2) is 64.2 Å². The third-order valence-electron chi connectivity index (χ3n) is 7.56. The molecule has 0 aromatic rings. The lowest BCUT2D eigenvalue weighted by molar-refractivity contribution is -0.472. The summed E-state index contributed by atoms with van der Waals surface area (Å²) in [5.41, 5.74) is -2.14. The fraction of sp³-hybridized carbons (Fsp3) is 0.875. The molecule has 3 saturated heterocycles. The average molecular weight is 441 g/mol. The zero-order valence-corrected chi connectivity index (χ0v) is 19.8. The van der Waals surface area contributed by atoms with E-state index in [-0.39, 0.29) is 18.5 Å². The second-order valence-electron chi connectivity index (χ2n) is 9.99.